The minimum atomic E-state index is -0.294. The molecule has 0 aromatic heterocycles. The molecule has 0 unspecified atom stereocenters. The second-order valence-corrected chi connectivity index (χ2v) is 2.85. The van der Waals surface area contributed by atoms with Crippen LogP contribution in [0.15, 0.2) is 18.2 Å². The zero-order valence-corrected chi connectivity index (χ0v) is 8.41. The van der Waals surface area contributed by atoms with E-state index in [1.165, 1.54) is 7.11 Å². The van der Waals surface area contributed by atoms with Gasteiger partial charge in [0.2, 0.25) is 0 Å². The fraction of sp³-hybridized carbons (Fsp3) is 0.182. The van der Waals surface area contributed by atoms with Gasteiger partial charge in [0.05, 0.1) is 19.2 Å². The van der Waals surface area contributed by atoms with E-state index in [0.29, 0.717) is 17.0 Å². The van der Waals surface area contributed by atoms with Crippen LogP contribution in [0.1, 0.15) is 10.4 Å². The van der Waals surface area contributed by atoms with Crippen LogP contribution in [-0.4, -0.2) is 19.6 Å². The molecule has 1 amide bonds. The molecule has 4 heteroatoms. The first kappa shape index (κ1) is 10.9. The number of rotatable bonds is 3. The molecule has 1 aromatic carbocycles. The van der Waals surface area contributed by atoms with Crippen LogP contribution >= 0.6 is 0 Å². The Labute approximate surface area is 88.4 Å². The third kappa shape index (κ3) is 2.64. The normalized spacial score (nSPS) is 9.07. The Morgan fingerprint density at radius 2 is 2.40 bits per heavy atom. The SMILES string of the molecule is C#CCNC(=O)c1cc(N)ccc1OC. The minimum absolute atomic E-state index is 0.177. The lowest BCUT2D eigenvalue weighted by atomic mass is 10.1. The average molecular weight is 204 g/mol. The molecule has 1 rings (SSSR count). The van der Waals surface area contributed by atoms with Gasteiger partial charge < -0.3 is 15.8 Å². The Kier molecular flexibility index (Phi) is 3.58. The molecule has 0 spiro atoms. The van der Waals surface area contributed by atoms with Crippen LogP contribution in [0.4, 0.5) is 5.69 Å². The maximum atomic E-state index is 11.6. The van der Waals surface area contributed by atoms with Gasteiger partial charge in [-0.25, -0.2) is 0 Å². The summed E-state index contributed by atoms with van der Waals surface area (Å²) in [5, 5.41) is 2.54. The highest BCUT2D eigenvalue weighted by Gasteiger charge is 2.11. The lowest BCUT2D eigenvalue weighted by Gasteiger charge is -2.08. The van der Waals surface area contributed by atoms with Crippen LogP contribution < -0.4 is 15.8 Å². The van der Waals surface area contributed by atoms with Crippen LogP contribution in [0, 0.1) is 12.3 Å². The van der Waals surface area contributed by atoms with E-state index >= 15 is 0 Å². The van der Waals surface area contributed by atoms with E-state index in [1.807, 2.05) is 0 Å². The van der Waals surface area contributed by atoms with Crippen molar-refractivity contribution in [3.05, 3.63) is 23.8 Å². The number of nitrogens with two attached hydrogens (primary N) is 1. The second-order valence-electron chi connectivity index (χ2n) is 2.85. The molecular weight excluding hydrogens is 192 g/mol. The maximum Gasteiger partial charge on any atom is 0.255 e. The number of hydrogen-bond donors (Lipinski definition) is 2. The molecule has 0 bridgehead atoms. The summed E-state index contributed by atoms with van der Waals surface area (Å²) in [7, 11) is 1.49. The summed E-state index contributed by atoms with van der Waals surface area (Å²) < 4.78 is 5.03. The molecule has 0 aliphatic rings. The summed E-state index contributed by atoms with van der Waals surface area (Å²) in [4.78, 5) is 11.6. The van der Waals surface area contributed by atoms with Crippen molar-refractivity contribution in [3.63, 3.8) is 0 Å². The molecule has 0 radical (unpaired) electrons. The molecule has 15 heavy (non-hydrogen) atoms. The molecule has 0 saturated carbocycles. The first-order valence-corrected chi connectivity index (χ1v) is 4.34. The quantitative estimate of drug-likeness (QED) is 0.561. The largest absolute Gasteiger partial charge is 0.496 e. The van der Waals surface area contributed by atoms with Crippen molar-refractivity contribution in [1.29, 1.82) is 0 Å². The Bertz CT molecular complexity index is 408. The third-order valence-corrected chi connectivity index (χ3v) is 1.82. The van der Waals surface area contributed by atoms with Gasteiger partial charge in [-0.15, -0.1) is 6.42 Å². The zero-order chi connectivity index (χ0) is 11.3. The molecule has 1 aromatic rings. The number of benzene rings is 1. The highest BCUT2D eigenvalue weighted by atomic mass is 16.5. The lowest BCUT2D eigenvalue weighted by molar-refractivity contribution is 0.0955. The topological polar surface area (TPSA) is 64.4 Å². The zero-order valence-electron chi connectivity index (χ0n) is 8.41. The van der Waals surface area contributed by atoms with Gasteiger partial charge in [-0.2, -0.15) is 0 Å². The van der Waals surface area contributed by atoms with Crippen molar-refractivity contribution in [2.45, 2.75) is 0 Å². The predicted octanol–water partition coefficient (Wildman–Crippen LogP) is 0.640. The number of hydrogen-bond acceptors (Lipinski definition) is 3. The summed E-state index contributed by atoms with van der Waals surface area (Å²) in [5.41, 5.74) is 6.46. The molecule has 0 saturated heterocycles. The number of carbonyl (C=O) groups excluding carboxylic acids is 1. The van der Waals surface area contributed by atoms with Gasteiger partial charge in [0.1, 0.15) is 5.75 Å². The van der Waals surface area contributed by atoms with Crippen LogP contribution in [0.3, 0.4) is 0 Å². The van der Waals surface area contributed by atoms with Crippen LogP contribution in [0.5, 0.6) is 5.75 Å². The Morgan fingerprint density at radius 1 is 1.67 bits per heavy atom. The number of terminal acetylenes is 1. The second kappa shape index (κ2) is 4.91. The fourth-order valence-corrected chi connectivity index (χ4v) is 1.13. The molecule has 0 heterocycles. The van der Waals surface area contributed by atoms with Crippen molar-refractivity contribution in [1.82, 2.24) is 5.32 Å². The number of carbonyl (C=O) groups is 1. The molecular formula is C11H12N2O2. The van der Waals surface area contributed by atoms with Gasteiger partial charge in [0.15, 0.2) is 0 Å². The van der Waals surface area contributed by atoms with Crippen LogP contribution in [0.25, 0.3) is 0 Å². The van der Waals surface area contributed by atoms with Gasteiger partial charge in [-0.3, -0.25) is 4.79 Å². The number of nitrogens with one attached hydrogen (secondary N) is 1. The van der Waals surface area contributed by atoms with Gasteiger partial charge in [-0.1, -0.05) is 5.92 Å². The van der Waals surface area contributed by atoms with Crippen molar-refractivity contribution in [3.8, 4) is 18.1 Å². The van der Waals surface area contributed by atoms with Crippen molar-refractivity contribution in [2.75, 3.05) is 19.4 Å². The van der Waals surface area contributed by atoms with Crippen molar-refractivity contribution < 1.29 is 9.53 Å². The van der Waals surface area contributed by atoms with E-state index in [9.17, 15) is 4.79 Å². The number of nitrogen functional groups attached to an aromatic ring is 1. The third-order valence-electron chi connectivity index (χ3n) is 1.82. The molecule has 78 valence electrons. The Balaban J connectivity index is 2.96. The highest BCUT2D eigenvalue weighted by molar-refractivity contribution is 5.97. The van der Waals surface area contributed by atoms with E-state index in [-0.39, 0.29) is 12.5 Å². The van der Waals surface area contributed by atoms with Gasteiger partial charge in [0, 0.05) is 5.69 Å². The van der Waals surface area contributed by atoms with E-state index in [2.05, 4.69) is 11.2 Å². The fourth-order valence-electron chi connectivity index (χ4n) is 1.13. The number of amides is 1. The molecule has 4 nitrogen and oxygen atoms in total. The Morgan fingerprint density at radius 3 is 3.00 bits per heavy atom. The molecule has 0 fully saturated rings. The highest BCUT2D eigenvalue weighted by Crippen LogP contribution is 2.20. The van der Waals surface area contributed by atoms with Gasteiger partial charge in [0.25, 0.3) is 5.91 Å². The van der Waals surface area contributed by atoms with E-state index in [4.69, 9.17) is 16.9 Å². The minimum Gasteiger partial charge on any atom is -0.496 e. The van der Waals surface area contributed by atoms with Crippen molar-refractivity contribution in [2.24, 2.45) is 0 Å². The standard InChI is InChI=1S/C11H12N2O2/c1-3-6-13-11(14)9-7-8(12)4-5-10(9)15-2/h1,4-5,7H,6,12H2,2H3,(H,13,14). The lowest BCUT2D eigenvalue weighted by Crippen LogP contribution is -2.24. The van der Waals surface area contributed by atoms with E-state index in [0.717, 1.165) is 0 Å². The Hall–Kier alpha value is -2.15. The monoisotopic (exact) mass is 204 g/mol. The van der Waals surface area contributed by atoms with Gasteiger partial charge in [-0.05, 0) is 18.2 Å². The summed E-state index contributed by atoms with van der Waals surface area (Å²) in [5.74, 6) is 2.49. The van der Waals surface area contributed by atoms with Crippen molar-refractivity contribution >= 4 is 11.6 Å². The first-order chi connectivity index (χ1) is 7.19. The average Bonchev–Trinajstić information content (AvgIpc) is 2.25. The van der Waals surface area contributed by atoms with E-state index in [1.54, 1.807) is 18.2 Å². The summed E-state index contributed by atoms with van der Waals surface area (Å²) in [6.45, 7) is 0.177. The molecule has 3 N–H and O–H groups in total. The van der Waals surface area contributed by atoms with Crippen LogP contribution in [-0.2, 0) is 0 Å². The van der Waals surface area contributed by atoms with Crippen LogP contribution in [0.2, 0.25) is 0 Å². The molecule has 0 atom stereocenters. The summed E-state index contributed by atoms with van der Waals surface area (Å²) >= 11 is 0. The predicted molar refractivity (Wildman–Crippen MR) is 58.6 cm³/mol. The van der Waals surface area contributed by atoms with E-state index < -0.39 is 0 Å². The van der Waals surface area contributed by atoms with Gasteiger partial charge >= 0.3 is 0 Å². The number of anilines is 1. The molecule has 0 aliphatic heterocycles. The summed E-state index contributed by atoms with van der Waals surface area (Å²) in [6.07, 6.45) is 5.03. The number of ether oxygens (including phenoxy) is 1. The molecule has 0 aliphatic carbocycles. The maximum absolute atomic E-state index is 11.6. The smallest absolute Gasteiger partial charge is 0.255 e. The summed E-state index contributed by atoms with van der Waals surface area (Å²) in [6, 6.07) is 4.85. The number of methoxy groups -OCH3 is 1. The first-order valence-electron chi connectivity index (χ1n) is 4.34.